The van der Waals surface area contributed by atoms with E-state index in [2.05, 4.69) is 20.6 Å². The van der Waals surface area contributed by atoms with Gasteiger partial charge in [-0.05, 0) is 37.1 Å². The largest absolute Gasteiger partial charge is 0.474 e. The minimum Gasteiger partial charge on any atom is -0.474 e. The molecule has 5 heteroatoms. The van der Waals surface area contributed by atoms with Crippen molar-refractivity contribution in [3.63, 3.8) is 0 Å². The smallest absolute Gasteiger partial charge is 0.223 e. The van der Waals surface area contributed by atoms with Gasteiger partial charge in [-0.3, -0.25) is 0 Å². The lowest BCUT2D eigenvalue weighted by Gasteiger charge is -2.10. The van der Waals surface area contributed by atoms with Gasteiger partial charge in [-0.2, -0.15) is 0 Å². The molecule has 1 saturated carbocycles. The summed E-state index contributed by atoms with van der Waals surface area (Å²) in [5.41, 5.74) is 8.87. The average Bonchev–Trinajstić information content (AvgIpc) is 3.23. The first-order chi connectivity index (χ1) is 10.2. The molecule has 0 unspecified atom stereocenters. The highest BCUT2D eigenvalue weighted by Crippen LogP contribution is 2.35. The Labute approximate surface area is 122 Å². The third-order valence-electron chi connectivity index (χ3n) is 3.80. The van der Waals surface area contributed by atoms with E-state index in [-0.39, 0.29) is 0 Å². The van der Waals surface area contributed by atoms with Crippen molar-refractivity contribution in [3.05, 3.63) is 36.7 Å². The highest BCUT2D eigenvalue weighted by Gasteiger charge is 2.26. The molecule has 0 radical (unpaired) electrons. The number of nitrogens with zero attached hydrogens (tertiary/aromatic N) is 3. The molecule has 0 atom stereocenters. The Bertz CT molecular complexity index is 820. The molecular formula is C16H16N4O. The molecule has 106 valence electrons. The summed E-state index contributed by atoms with van der Waals surface area (Å²) in [5.74, 6) is 1.23. The molecule has 1 aliphatic carbocycles. The third-order valence-corrected chi connectivity index (χ3v) is 3.80. The van der Waals surface area contributed by atoms with E-state index in [1.54, 1.807) is 12.4 Å². The van der Waals surface area contributed by atoms with Gasteiger partial charge < -0.3 is 15.0 Å². The third kappa shape index (κ3) is 2.11. The quantitative estimate of drug-likeness (QED) is 0.801. The van der Waals surface area contributed by atoms with Crippen LogP contribution < -0.4 is 10.5 Å². The normalized spacial score (nSPS) is 14.5. The molecule has 0 amide bonds. The van der Waals surface area contributed by atoms with E-state index in [1.807, 2.05) is 25.2 Å². The lowest BCUT2D eigenvalue weighted by Crippen LogP contribution is -2.01. The molecule has 0 spiro atoms. The standard InChI is InChI=1S/C16H16N4O/c1-20-13(7-10-8-15(17)19-9-14(10)20)12-3-2-6-18-16(12)21-11-4-5-11/h2-3,6-9,11H,4-5H2,1H3,(H2,17,19). The van der Waals surface area contributed by atoms with Crippen molar-refractivity contribution >= 4 is 16.7 Å². The zero-order valence-corrected chi connectivity index (χ0v) is 11.8. The van der Waals surface area contributed by atoms with Crippen molar-refractivity contribution in [2.75, 3.05) is 5.73 Å². The maximum atomic E-state index is 5.92. The van der Waals surface area contributed by atoms with Crippen molar-refractivity contribution in [2.24, 2.45) is 7.05 Å². The zero-order chi connectivity index (χ0) is 14.4. The number of pyridine rings is 2. The van der Waals surface area contributed by atoms with Crippen molar-refractivity contribution in [1.82, 2.24) is 14.5 Å². The van der Waals surface area contributed by atoms with E-state index in [0.717, 1.165) is 35.0 Å². The number of nitrogens with two attached hydrogens (primary N) is 1. The number of nitrogen functional groups attached to an aromatic ring is 1. The topological polar surface area (TPSA) is 66.0 Å². The van der Waals surface area contributed by atoms with Crippen molar-refractivity contribution in [3.8, 4) is 17.1 Å². The number of rotatable bonds is 3. The van der Waals surface area contributed by atoms with Gasteiger partial charge in [0.1, 0.15) is 11.9 Å². The molecule has 0 aromatic carbocycles. The molecule has 0 bridgehead atoms. The van der Waals surface area contributed by atoms with Crippen LogP contribution in [-0.4, -0.2) is 20.6 Å². The first-order valence-electron chi connectivity index (χ1n) is 7.05. The van der Waals surface area contributed by atoms with Gasteiger partial charge in [0.15, 0.2) is 0 Å². The molecule has 0 saturated heterocycles. The number of ether oxygens (including phenoxy) is 1. The van der Waals surface area contributed by atoms with Gasteiger partial charge in [0.2, 0.25) is 5.88 Å². The van der Waals surface area contributed by atoms with Crippen LogP contribution in [0.5, 0.6) is 5.88 Å². The Morgan fingerprint density at radius 1 is 1.29 bits per heavy atom. The van der Waals surface area contributed by atoms with Crippen LogP contribution in [0.1, 0.15) is 12.8 Å². The predicted octanol–water partition coefficient (Wildman–Crippen LogP) is 2.76. The number of aromatic nitrogens is 3. The predicted molar refractivity (Wildman–Crippen MR) is 82.0 cm³/mol. The van der Waals surface area contributed by atoms with Gasteiger partial charge in [0.05, 0.1) is 23.0 Å². The second kappa shape index (κ2) is 4.48. The minimum atomic E-state index is 0.325. The summed E-state index contributed by atoms with van der Waals surface area (Å²) in [5, 5.41) is 1.07. The van der Waals surface area contributed by atoms with Gasteiger partial charge in [-0.25, -0.2) is 9.97 Å². The number of fused-ring (bicyclic) bond motifs is 1. The van der Waals surface area contributed by atoms with E-state index < -0.39 is 0 Å². The molecule has 0 aliphatic heterocycles. The Kier molecular flexibility index (Phi) is 2.60. The Morgan fingerprint density at radius 3 is 2.95 bits per heavy atom. The molecule has 3 aromatic heterocycles. The maximum Gasteiger partial charge on any atom is 0.223 e. The molecule has 4 rings (SSSR count). The van der Waals surface area contributed by atoms with Crippen molar-refractivity contribution in [2.45, 2.75) is 18.9 Å². The van der Waals surface area contributed by atoms with Crippen LogP contribution in [0.4, 0.5) is 5.82 Å². The summed E-state index contributed by atoms with van der Waals surface area (Å²) in [4.78, 5) is 8.55. The molecule has 2 N–H and O–H groups in total. The average molecular weight is 280 g/mol. The summed E-state index contributed by atoms with van der Waals surface area (Å²) in [7, 11) is 2.02. The summed E-state index contributed by atoms with van der Waals surface area (Å²) in [6.07, 6.45) is 6.12. The fraction of sp³-hybridized carbons (Fsp3) is 0.250. The highest BCUT2D eigenvalue weighted by molar-refractivity contribution is 5.88. The van der Waals surface area contributed by atoms with Gasteiger partial charge in [-0.1, -0.05) is 0 Å². The van der Waals surface area contributed by atoms with E-state index in [1.165, 1.54) is 0 Å². The van der Waals surface area contributed by atoms with E-state index >= 15 is 0 Å². The summed E-state index contributed by atoms with van der Waals surface area (Å²) in [6.45, 7) is 0. The number of aryl methyl sites for hydroxylation is 1. The summed E-state index contributed by atoms with van der Waals surface area (Å²) < 4.78 is 8.02. The molecule has 5 nitrogen and oxygen atoms in total. The van der Waals surface area contributed by atoms with Gasteiger partial charge >= 0.3 is 0 Å². The van der Waals surface area contributed by atoms with Gasteiger partial charge in [-0.15, -0.1) is 0 Å². The number of anilines is 1. The maximum absolute atomic E-state index is 5.92. The van der Waals surface area contributed by atoms with Crippen LogP contribution in [0.2, 0.25) is 0 Å². The molecular weight excluding hydrogens is 264 g/mol. The molecule has 21 heavy (non-hydrogen) atoms. The first-order valence-corrected chi connectivity index (χ1v) is 7.05. The van der Waals surface area contributed by atoms with E-state index in [9.17, 15) is 0 Å². The van der Waals surface area contributed by atoms with Gasteiger partial charge in [0.25, 0.3) is 0 Å². The number of hydrogen-bond acceptors (Lipinski definition) is 4. The second-order valence-electron chi connectivity index (χ2n) is 5.43. The van der Waals surface area contributed by atoms with Crippen LogP contribution in [-0.2, 0) is 7.05 Å². The van der Waals surface area contributed by atoms with Crippen molar-refractivity contribution in [1.29, 1.82) is 0 Å². The van der Waals surface area contributed by atoms with Crippen LogP contribution in [0.3, 0.4) is 0 Å². The Morgan fingerprint density at radius 2 is 2.14 bits per heavy atom. The van der Waals surface area contributed by atoms with Crippen LogP contribution in [0.15, 0.2) is 36.7 Å². The van der Waals surface area contributed by atoms with Crippen molar-refractivity contribution < 1.29 is 4.74 Å². The van der Waals surface area contributed by atoms with Crippen LogP contribution in [0.25, 0.3) is 22.2 Å². The molecule has 3 heterocycles. The van der Waals surface area contributed by atoms with Crippen LogP contribution >= 0.6 is 0 Å². The fourth-order valence-electron chi connectivity index (χ4n) is 2.53. The molecule has 1 aliphatic rings. The first kappa shape index (κ1) is 12.2. The van der Waals surface area contributed by atoms with Crippen LogP contribution in [0, 0.1) is 0 Å². The zero-order valence-electron chi connectivity index (χ0n) is 11.8. The lowest BCUT2D eigenvalue weighted by molar-refractivity contribution is 0.292. The van der Waals surface area contributed by atoms with E-state index in [4.69, 9.17) is 10.5 Å². The fourth-order valence-corrected chi connectivity index (χ4v) is 2.53. The van der Waals surface area contributed by atoms with E-state index in [0.29, 0.717) is 17.8 Å². The number of hydrogen-bond donors (Lipinski definition) is 1. The monoisotopic (exact) mass is 280 g/mol. The Balaban J connectivity index is 1.87. The lowest BCUT2D eigenvalue weighted by atomic mass is 10.2. The molecule has 3 aromatic rings. The highest BCUT2D eigenvalue weighted by atomic mass is 16.5. The van der Waals surface area contributed by atoms with Gasteiger partial charge in [0, 0.05) is 18.6 Å². The summed E-state index contributed by atoms with van der Waals surface area (Å²) in [6, 6.07) is 7.95. The summed E-state index contributed by atoms with van der Waals surface area (Å²) >= 11 is 0. The SMILES string of the molecule is Cn1c(-c2cccnc2OC2CC2)cc2cc(N)ncc21. The molecule has 1 fully saturated rings. The second-order valence-corrected chi connectivity index (χ2v) is 5.43. The minimum absolute atomic E-state index is 0.325. The Hall–Kier alpha value is -2.56.